The SMILES string of the molecule is CCOC(=O)CCC(=O)OC1CN(c2nc3c(OC)cccc3s2)C1. The van der Waals surface area contributed by atoms with Gasteiger partial charge < -0.3 is 19.1 Å². The van der Waals surface area contributed by atoms with Crippen LogP contribution < -0.4 is 9.64 Å². The molecule has 2 heterocycles. The molecule has 7 nitrogen and oxygen atoms in total. The van der Waals surface area contributed by atoms with E-state index in [0.29, 0.717) is 19.7 Å². The van der Waals surface area contributed by atoms with E-state index in [1.54, 1.807) is 25.4 Å². The van der Waals surface area contributed by atoms with E-state index in [2.05, 4.69) is 9.88 Å². The number of rotatable bonds is 7. The Morgan fingerprint density at radius 2 is 2.04 bits per heavy atom. The Kier molecular flexibility index (Phi) is 5.37. The average Bonchev–Trinajstić information content (AvgIpc) is 2.99. The Morgan fingerprint density at radius 1 is 1.28 bits per heavy atom. The molecule has 1 fully saturated rings. The number of para-hydroxylation sites is 1. The minimum atomic E-state index is -0.377. The molecular formula is C17H20N2O5S. The highest BCUT2D eigenvalue weighted by Gasteiger charge is 2.32. The summed E-state index contributed by atoms with van der Waals surface area (Å²) in [6, 6.07) is 5.83. The number of aromatic nitrogens is 1. The summed E-state index contributed by atoms with van der Waals surface area (Å²) in [5.41, 5.74) is 0.847. The second-order valence-electron chi connectivity index (χ2n) is 5.63. The molecule has 0 saturated carbocycles. The quantitative estimate of drug-likeness (QED) is 0.698. The second-order valence-corrected chi connectivity index (χ2v) is 6.63. The average molecular weight is 364 g/mol. The normalized spacial score (nSPS) is 14.2. The van der Waals surface area contributed by atoms with Crippen molar-refractivity contribution in [3.05, 3.63) is 18.2 Å². The second kappa shape index (κ2) is 7.69. The van der Waals surface area contributed by atoms with Crippen LogP contribution in [0.3, 0.4) is 0 Å². The number of hydrogen-bond donors (Lipinski definition) is 0. The number of hydrogen-bond acceptors (Lipinski definition) is 8. The molecule has 134 valence electrons. The van der Waals surface area contributed by atoms with Crippen LogP contribution in [0, 0.1) is 0 Å². The monoisotopic (exact) mass is 364 g/mol. The first-order valence-corrected chi connectivity index (χ1v) is 8.96. The standard InChI is InChI=1S/C17H20N2O5S/c1-3-23-14(20)7-8-15(21)24-11-9-19(10-11)17-18-16-12(22-2)5-4-6-13(16)25-17/h4-6,11H,3,7-10H2,1-2H3. The molecule has 1 aromatic carbocycles. The maximum atomic E-state index is 11.7. The highest BCUT2D eigenvalue weighted by Crippen LogP contribution is 2.35. The Labute approximate surface area is 149 Å². The summed E-state index contributed by atoms with van der Waals surface area (Å²) in [6.45, 7) is 3.26. The fraction of sp³-hybridized carbons (Fsp3) is 0.471. The molecule has 1 aromatic heterocycles. The van der Waals surface area contributed by atoms with Crippen LogP contribution in [0.5, 0.6) is 5.75 Å². The number of carbonyl (C=O) groups is 2. The van der Waals surface area contributed by atoms with Crippen LogP contribution in [0.2, 0.25) is 0 Å². The predicted molar refractivity (Wildman–Crippen MR) is 94.1 cm³/mol. The first-order valence-electron chi connectivity index (χ1n) is 8.14. The van der Waals surface area contributed by atoms with Gasteiger partial charge in [0.1, 0.15) is 17.4 Å². The molecule has 0 bridgehead atoms. The van der Waals surface area contributed by atoms with Gasteiger partial charge in [-0.1, -0.05) is 17.4 Å². The van der Waals surface area contributed by atoms with Crippen LogP contribution in [0.25, 0.3) is 10.2 Å². The number of carbonyl (C=O) groups excluding carboxylic acids is 2. The Morgan fingerprint density at radius 3 is 2.76 bits per heavy atom. The Hall–Kier alpha value is -2.35. The molecule has 0 spiro atoms. The first kappa shape index (κ1) is 17.5. The van der Waals surface area contributed by atoms with Gasteiger partial charge in [0.15, 0.2) is 5.13 Å². The molecule has 0 amide bonds. The molecule has 0 radical (unpaired) electrons. The summed E-state index contributed by atoms with van der Waals surface area (Å²) in [5, 5.41) is 0.887. The third-order valence-electron chi connectivity index (χ3n) is 3.85. The van der Waals surface area contributed by atoms with Gasteiger partial charge >= 0.3 is 11.9 Å². The number of methoxy groups -OCH3 is 1. The maximum Gasteiger partial charge on any atom is 0.306 e. The van der Waals surface area contributed by atoms with E-state index < -0.39 is 0 Å². The molecule has 1 aliphatic rings. The van der Waals surface area contributed by atoms with Crippen molar-refractivity contribution in [3.8, 4) is 5.75 Å². The van der Waals surface area contributed by atoms with Crippen LogP contribution in [-0.2, 0) is 19.1 Å². The lowest BCUT2D eigenvalue weighted by atomic mass is 10.2. The largest absolute Gasteiger partial charge is 0.494 e. The van der Waals surface area contributed by atoms with Gasteiger partial charge in [0.2, 0.25) is 0 Å². The Bertz CT molecular complexity index is 769. The van der Waals surface area contributed by atoms with Crippen molar-refractivity contribution < 1.29 is 23.8 Å². The molecule has 0 atom stereocenters. The highest BCUT2D eigenvalue weighted by molar-refractivity contribution is 7.22. The number of ether oxygens (including phenoxy) is 3. The zero-order valence-electron chi connectivity index (χ0n) is 14.2. The lowest BCUT2D eigenvalue weighted by molar-refractivity contribution is -0.154. The molecule has 0 aliphatic carbocycles. The fourth-order valence-corrected chi connectivity index (χ4v) is 3.56. The molecule has 3 rings (SSSR count). The van der Waals surface area contributed by atoms with E-state index in [0.717, 1.165) is 21.1 Å². The molecule has 25 heavy (non-hydrogen) atoms. The van der Waals surface area contributed by atoms with Crippen molar-refractivity contribution >= 4 is 38.6 Å². The van der Waals surface area contributed by atoms with Crippen LogP contribution in [0.15, 0.2) is 18.2 Å². The first-order chi connectivity index (χ1) is 12.1. The fourth-order valence-electron chi connectivity index (χ4n) is 2.56. The lowest BCUT2D eigenvalue weighted by Crippen LogP contribution is -2.53. The lowest BCUT2D eigenvalue weighted by Gasteiger charge is -2.38. The van der Waals surface area contributed by atoms with Gasteiger partial charge in [-0.15, -0.1) is 0 Å². The number of thiazole rings is 1. The van der Waals surface area contributed by atoms with Crippen molar-refractivity contribution in [2.45, 2.75) is 25.9 Å². The van der Waals surface area contributed by atoms with Gasteiger partial charge in [-0.2, -0.15) is 0 Å². The van der Waals surface area contributed by atoms with Gasteiger partial charge in [0.25, 0.3) is 0 Å². The summed E-state index contributed by atoms with van der Waals surface area (Å²) in [4.78, 5) is 29.7. The maximum absolute atomic E-state index is 11.7. The third kappa shape index (κ3) is 4.01. The summed E-state index contributed by atoms with van der Waals surface area (Å²) < 4.78 is 16.5. The topological polar surface area (TPSA) is 78.0 Å². The zero-order valence-corrected chi connectivity index (χ0v) is 15.0. The van der Waals surface area contributed by atoms with Crippen molar-refractivity contribution in [1.82, 2.24) is 4.98 Å². The molecule has 2 aromatic rings. The van der Waals surface area contributed by atoms with Crippen LogP contribution >= 0.6 is 11.3 Å². The number of esters is 2. The van der Waals surface area contributed by atoms with E-state index in [4.69, 9.17) is 14.2 Å². The van der Waals surface area contributed by atoms with Gasteiger partial charge in [-0.3, -0.25) is 9.59 Å². The van der Waals surface area contributed by atoms with Gasteiger partial charge in [0.05, 0.1) is 44.3 Å². The smallest absolute Gasteiger partial charge is 0.306 e. The molecular weight excluding hydrogens is 344 g/mol. The van der Waals surface area contributed by atoms with Crippen molar-refractivity contribution in [1.29, 1.82) is 0 Å². The number of benzene rings is 1. The van der Waals surface area contributed by atoms with Gasteiger partial charge in [-0.05, 0) is 19.1 Å². The summed E-state index contributed by atoms with van der Waals surface area (Å²) in [7, 11) is 1.63. The molecule has 1 saturated heterocycles. The van der Waals surface area contributed by atoms with Gasteiger partial charge in [0, 0.05) is 0 Å². The van der Waals surface area contributed by atoms with E-state index in [1.807, 2.05) is 18.2 Å². The van der Waals surface area contributed by atoms with Crippen LogP contribution in [0.4, 0.5) is 5.13 Å². The van der Waals surface area contributed by atoms with Gasteiger partial charge in [-0.25, -0.2) is 4.98 Å². The number of nitrogens with zero attached hydrogens (tertiary/aromatic N) is 2. The van der Waals surface area contributed by atoms with E-state index in [9.17, 15) is 9.59 Å². The highest BCUT2D eigenvalue weighted by atomic mass is 32.1. The zero-order chi connectivity index (χ0) is 17.8. The molecule has 8 heteroatoms. The Balaban J connectivity index is 1.49. The number of fused-ring (bicyclic) bond motifs is 1. The minimum absolute atomic E-state index is 0.0493. The number of anilines is 1. The van der Waals surface area contributed by atoms with E-state index in [-0.39, 0.29) is 30.9 Å². The van der Waals surface area contributed by atoms with Crippen LogP contribution in [-0.4, -0.2) is 49.8 Å². The summed E-state index contributed by atoms with van der Waals surface area (Å²) in [5.74, 6) is 0.00393. The van der Waals surface area contributed by atoms with Crippen molar-refractivity contribution in [2.75, 3.05) is 31.7 Å². The van der Waals surface area contributed by atoms with Crippen LogP contribution in [0.1, 0.15) is 19.8 Å². The van der Waals surface area contributed by atoms with E-state index >= 15 is 0 Å². The molecule has 1 aliphatic heterocycles. The van der Waals surface area contributed by atoms with E-state index in [1.165, 1.54) is 0 Å². The predicted octanol–water partition coefficient (Wildman–Crippen LogP) is 2.38. The summed E-state index contributed by atoms with van der Waals surface area (Å²) >= 11 is 1.58. The van der Waals surface area contributed by atoms with Crippen molar-refractivity contribution in [2.24, 2.45) is 0 Å². The molecule has 0 N–H and O–H groups in total. The minimum Gasteiger partial charge on any atom is -0.494 e. The molecule has 0 unspecified atom stereocenters. The third-order valence-corrected chi connectivity index (χ3v) is 4.93. The van der Waals surface area contributed by atoms with Crippen molar-refractivity contribution in [3.63, 3.8) is 0 Å². The summed E-state index contributed by atoms with van der Waals surface area (Å²) in [6.07, 6.45) is -0.0577.